The Hall–Kier alpha value is -2.55. The summed E-state index contributed by atoms with van der Waals surface area (Å²) in [5.74, 6) is 0.161. The van der Waals surface area contributed by atoms with Crippen LogP contribution in [0, 0.1) is 11.3 Å². The average molecular weight is 633 g/mol. The second-order valence-electron chi connectivity index (χ2n) is 13.8. The van der Waals surface area contributed by atoms with E-state index in [9.17, 15) is 4.79 Å². The number of esters is 1. The van der Waals surface area contributed by atoms with Crippen LogP contribution in [0.5, 0.6) is 0 Å². The van der Waals surface area contributed by atoms with Gasteiger partial charge in [-0.05, 0) is 75.8 Å². The van der Waals surface area contributed by atoms with Crippen LogP contribution in [0.3, 0.4) is 0 Å². The Morgan fingerprint density at radius 2 is 1.64 bits per heavy atom. The van der Waals surface area contributed by atoms with Gasteiger partial charge in [0.25, 0.3) is 0 Å². The summed E-state index contributed by atoms with van der Waals surface area (Å²) < 4.78 is 32.8. The second-order valence-corrected chi connectivity index (χ2v) is 17.0. The normalized spacial score (nSPS) is 30.4. The maximum Gasteiger partial charge on any atom is 0.346 e. The Bertz CT molecular complexity index is 1250. The predicted molar refractivity (Wildman–Crippen MR) is 180 cm³/mol. The maximum absolute atomic E-state index is 13.3. The van der Waals surface area contributed by atoms with Crippen molar-refractivity contribution in [3.8, 4) is 0 Å². The van der Waals surface area contributed by atoms with Crippen LogP contribution in [0.15, 0.2) is 86.0 Å². The molecule has 7 heteroatoms. The number of hydrogen-bond acceptors (Lipinski definition) is 6. The van der Waals surface area contributed by atoms with Crippen molar-refractivity contribution in [1.82, 2.24) is 0 Å². The number of allylic oxidation sites excluding steroid dienone is 1. The Morgan fingerprint density at radius 3 is 2.31 bits per heavy atom. The first-order valence-electron chi connectivity index (χ1n) is 16.8. The van der Waals surface area contributed by atoms with Gasteiger partial charge in [0, 0.05) is 11.6 Å². The summed E-state index contributed by atoms with van der Waals surface area (Å²) in [7, 11) is -2.42. The van der Waals surface area contributed by atoms with Gasteiger partial charge in [-0.3, -0.25) is 4.79 Å². The zero-order valence-corrected chi connectivity index (χ0v) is 28.4. The van der Waals surface area contributed by atoms with E-state index in [1.165, 1.54) is 0 Å². The van der Waals surface area contributed by atoms with Crippen LogP contribution in [0.1, 0.15) is 76.8 Å². The first kappa shape index (κ1) is 33.8. The lowest BCUT2D eigenvalue weighted by molar-refractivity contribution is -0.175. The van der Waals surface area contributed by atoms with Crippen LogP contribution in [0.2, 0.25) is 11.6 Å². The number of carbonyl (C=O) groups is 1. The minimum absolute atomic E-state index is 0.00506. The van der Waals surface area contributed by atoms with Gasteiger partial charge < -0.3 is 23.1 Å². The number of hydrogen-bond donors (Lipinski definition) is 0. The Balaban J connectivity index is 1.25. The minimum atomic E-state index is -2.42. The van der Waals surface area contributed by atoms with Crippen LogP contribution in [-0.2, 0) is 41.1 Å². The molecule has 3 aliphatic rings. The quantitative estimate of drug-likeness (QED) is 0.112. The summed E-state index contributed by atoms with van der Waals surface area (Å²) in [4.78, 5) is 13.3. The fourth-order valence-electron chi connectivity index (χ4n) is 7.49. The number of fused-ring (bicyclic) bond motifs is 1. The fraction of sp³-hybridized carbons (Fsp3) is 0.553. The van der Waals surface area contributed by atoms with Crippen molar-refractivity contribution < 1.29 is 27.9 Å². The summed E-state index contributed by atoms with van der Waals surface area (Å²) in [6.45, 7) is 15.0. The van der Waals surface area contributed by atoms with Crippen molar-refractivity contribution in [2.45, 2.75) is 121 Å². The van der Waals surface area contributed by atoms with E-state index < -0.39 is 14.0 Å². The summed E-state index contributed by atoms with van der Waals surface area (Å²) in [5.41, 5.74) is 1.82. The molecule has 8 atom stereocenters. The summed E-state index contributed by atoms with van der Waals surface area (Å²) in [5, 5.41) is 0. The predicted octanol–water partition coefficient (Wildman–Crippen LogP) is 8.46. The van der Waals surface area contributed by atoms with E-state index in [2.05, 4.69) is 32.2 Å². The van der Waals surface area contributed by atoms with Crippen molar-refractivity contribution in [1.29, 1.82) is 0 Å². The Labute approximate surface area is 271 Å². The molecule has 6 nitrogen and oxygen atoms in total. The molecule has 1 unspecified atom stereocenters. The molecule has 0 radical (unpaired) electrons. The average Bonchev–Trinajstić information content (AvgIpc) is 3.51. The summed E-state index contributed by atoms with van der Waals surface area (Å²) in [6.07, 6.45) is 10.2. The smallest absolute Gasteiger partial charge is 0.346 e. The second kappa shape index (κ2) is 15.4. The molecule has 244 valence electrons. The first-order chi connectivity index (χ1) is 21.7. The van der Waals surface area contributed by atoms with Gasteiger partial charge in [0.15, 0.2) is 0 Å². The number of benzene rings is 2. The molecular weight excluding hydrogens is 580 g/mol. The van der Waals surface area contributed by atoms with Crippen molar-refractivity contribution in [3.63, 3.8) is 0 Å². The van der Waals surface area contributed by atoms with E-state index in [1.807, 2.05) is 74.5 Å². The lowest BCUT2D eigenvalue weighted by Gasteiger charge is -2.39. The minimum Gasteiger partial charge on any atom is -0.460 e. The summed E-state index contributed by atoms with van der Waals surface area (Å²) in [6, 6.07) is 21.0. The molecule has 2 aromatic rings. The van der Waals surface area contributed by atoms with E-state index in [0.717, 1.165) is 62.1 Å². The van der Waals surface area contributed by atoms with E-state index in [4.69, 9.17) is 23.1 Å². The van der Waals surface area contributed by atoms with Crippen molar-refractivity contribution in [3.05, 3.63) is 97.1 Å². The largest absolute Gasteiger partial charge is 0.460 e. The van der Waals surface area contributed by atoms with Crippen LogP contribution in [0.25, 0.3) is 0 Å². The number of rotatable bonds is 15. The molecule has 2 aromatic carbocycles. The molecule has 0 aromatic heterocycles. The highest BCUT2D eigenvalue weighted by atomic mass is 28.4. The molecule has 3 fully saturated rings. The van der Waals surface area contributed by atoms with Crippen molar-refractivity contribution in [2.24, 2.45) is 11.3 Å². The van der Waals surface area contributed by atoms with Gasteiger partial charge in [-0.15, -0.1) is 13.2 Å². The molecule has 0 saturated carbocycles. The topological polar surface area (TPSA) is 63.2 Å². The van der Waals surface area contributed by atoms with Gasteiger partial charge >= 0.3 is 14.5 Å². The molecule has 0 bridgehead atoms. The molecule has 0 spiro atoms. The third kappa shape index (κ3) is 8.24. The Morgan fingerprint density at radius 1 is 0.956 bits per heavy atom. The zero-order chi connectivity index (χ0) is 31.9. The van der Waals surface area contributed by atoms with Gasteiger partial charge in [-0.1, -0.05) is 79.7 Å². The molecule has 45 heavy (non-hydrogen) atoms. The van der Waals surface area contributed by atoms with Crippen molar-refractivity contribution >= 4 is 14.5 Å². The van der Waals surface area contributed by atoms with Gasteiger partial charge in [0.1, 0.15) is 6.61 Å². The lowest BCUT2D eigenvalue weighted by Crippen LogP contribution is -2.45. The van der Waals surface area contributed by atoms with Gasteiger partial charge in [-0.2, -0.15) is 0 Å². The molecule has 0 amide bonds. The lowest BCUT2D eigenvalue weighted by atomic mass is 9.81. The van der Waals surface area contributed by atoms with Gasteiger partial charge in [0.2, 0.25) is 0 Å². The molecule has 0 N–H and O–H groups in total. The molecule has 3 aliphatic heterocycles. The van der Waals surface area contributed by atoms with Gasteiger partial charge in [0.05, 0.1) is 42.5 Å². The molecule has 5 rings (SSSR count). The van der Waals surface area contributed by atoms with Crippen LogP contribution >= 0.6 is 0 Å². The first-order valence-corrected chi connectivity index (χ1v) is 18.9. The monoisotopic (exact) mass is 632 g/mol. The number of ether oxygens (including phenoxy) is 3. The van der Waals surface area contributed by atoms with E-state index in [0.29, 0.717) is 18.1 Å². The van der Waals surface area contributed by atoms with Crippen LogP contribution in [0.4, 0.5) is 0 Å². The SMILES string of the molecule is C=CC[C@H]1C[C@H]2[C@H](C)[C@@H](C[C@H](C[C@@H]3CCC[C@H](C(C)(C)C(=O)OCc4ccccc4)O3)OCc3ccccc3)O[Si]2(CC=C)O1. The van der Waals surface area contributed by atoms with Crippen molar-refractivity contribution in [2.75, 3.05) is 0 Å². The highest BCUT2D eigenvalue weighted by molar-refractivity contribution is 6.71. The van der Waals surface area contributed by atoms with Gasteiger partial charge in [-0.25, -0.2) is 0 Å². The van der Waals surface area contributed by atoms with E-state index >= 15 is 0 Å². The maximum atomic E-state index is 13.3. The molecular formula is C38H52O6Si. The highest BCUT2D eigenvalue weighted by Gasteiger charge is 2.62. The third-order valence-corrected chi connectivity index (χ3v) is 14.3. The molecule has 3 heterocycles. The standard InChI is InChI=1S/C38H52O6Si/c1-6-15-32-25-35-28(3)34(44-45(35,43-32)22-7-2)24-33(40-26-29-16-10-8-11-17-29)23-31-20-14-21-36(42-31)38(4,5)37(39)41-27-30-18-12-9-13-19-30/h6-13,16-19,28,31-36H,1-2,14-15,20-27H2,3-5H3/t28-,31+,32+,33+,34-,35+,36-,45?/m1/s1. The fourth-order valence-corrected chi connectivity index (χ4v) is 12.0. The molecule has 0 aliphatic carbocycles. The summed E-state index contributed by atoms with van der Waals surface area (Å²) >= 11 is 0. The zero-order valence-electron chi connectivity index (χ0n) is 27.4. The highest BCUT2D eigenvalue weighted by Crippen LogP contribution is 2.54. The molecule has 3 saturated heterocycles. The van der Waals surface area contributed by atoms with Crippen LogP contribution < -0.4 is 0 Å². The number of carbonyl (C=O) groups excluding carboxylic acids is 1. The van der Waals surface area contributed by atoms with E-state index in [1.54, 1.807) is 0 Å². The third-order valence-electron chi connectivity index (χ3n) is 10.1. The Kier molecular flexibility index (Phi) is 11.5. The van der Waals surface area contributed by atoms with Crippen LogP contribution in [-0.4, -0.2) is 45.1 Å². The van der Waals surface area contributed by atoms with E-state index in [-0.39, 0.29) is 43.1 Å².